The van der Waals surface area contributed by atoms with Crippen LogP contribution in [-0.4, -0.2) is 36.2 Å². The number of non-ortho nitro benzene ring substituents is 1. The number of hydrogen-bond acceptors (Lipinski definition) is 8. The number of benzene rings is 3. The average Bonchev–Trinajstić information content (AvgIpc) is 2.86. The molecule has 0 bridgehead atoms. The normalized spacial score (nSPS) is 10.6. The Bertz CT molecular complexity index is 1240. The number of carbonyl (C=O) groups is 2. The summed E-state index contributed by atoms with van der Waals surface area (Å²) in [5.41, 5.74) is 3.14. The van der Waals surface area contributed by atoms with Crippen molar-refractivity contribution in [3.63, 3.8) is 0 Å². The molecule has 0 spiro atoms. The number of hydrazone groups is 1. The highest BCUT2D eigenvalue weighted by Gasteiger charge is 2.14. The van der Waals surface area contributed by atoms with Crippen LogP contribution in [0, 0.1) is 10.1 Å². The summed E-state index contributed by atoms with van der Waals surface area (Å²) in [6.45, 7) is 4.52. The lowest BCUT2D eigenvalue weighted by molar-refractivity contribution is -0.384. The van der Waals surface area contributed by atoms with Crippen molar-refractivity contribution in [2.24, 2.45) is 5.10 Å². The number of nitrogens with zero attached hydrogens (tertiary/aromatic N) is 2. The lowest BCUT2D eigenvalue weighted by atomic mass is 10.2. The third kappa shape index (κ3) is 6.87. The molecule has 3 aromatic rings. The van der Waals surface area contributed by atoms with Gasteiger partial charge >= 0.3 is 5.97 Å². The largest absolute Gasteiger partial charge is 0.494 e. The molecule has 3 rings (SSSR count). The highest BCUT2D eigenvalue weighted by Crippen LogP contribution is 2.29. The van der Waals surface area contributed by atoms with E-state index in [2.05, 4.69) is 10.5 Å². The molecule has 180 valence electrons. The molecule has 0 saturated heterocycles. The maximum Gasteiger partial charge on any atom is 0.343 e. The number of amides is 1. The van der Waals surface area contributed by atoms with Gasteiger partial charge in [0.05, 0.1) is 29.9 Å². The zero-order valence-corrected chi connectivity index (χ0v) is 19.1. The molecule has 0 aliphatic heterocycles. The predicted octanol–water partition coefficient (Wildman–Crippen LogP) is 4.38. The molecule has 10 nitrogen and oxygen atoms in total. The van der Waals surface area contributed by atoms with Crippen molar-refractivity contribution in [1.82, 2.24) is 5.43 Å². The lowest BCUT2D eigenvalue weighted by Crippen LogP contribution is -2.17. The molecule has 3 aromatic carbocycles. The van der Waals surface area contributed by atoms with Crippen molar-refractivity contribution in [1.29, 1.82) is 0 Å². The van der Waals surface area contributed by atoms with E-state index in [-0.39, 0.29) is 17.0 Å². The molecule has 1 N–H and O–H groups in total. The Morgan fingerprint density at radius 1 is 0.943 bits per heavy atom. The van der Waals surface area contributed by atoms with Crippen LogP contribution in [0.2, 0.25) is 0 Å². The van der Waals surface area contributed by atoms with E-state index in [4.69, 9.17) is 14.2 Å². The van der Waals surface area contributed by atoms with Gasteiger partial charge in [0, 0.05) is 17.7 Å². The topological polar surface area (TPSA) is 129 Å². The first-order valence-electron chi connectivity index (χ1n) is 10.7. The van der Waals surface area contributed by atoms with Gasteiger partial charge in [0.1, 0.15) is 5.75 Å². The van der Waals surface area contributed by atoms with Gasteiger partial charge in [-0.25, -0.2) is 10.2 Å². The quantitative estimate of drug-likeness (QED) is 0.151. The first-order valence-corrected chi connectivity index (χ1v) is 10.7. The van der Waals surface area contributed by atoms with E-state index in [0.29, 0.717) is 35.8 Å². The van der Waals surface area contributed by atoms with E-state index < -0.39 is 16.8 Å². The summed E-state index contributed by atoms with van der Waals surface area (Å²) >= 11 is 0. The highest BCUT2D eigenvalue weighted by molar-refractivity contribution is 5.95. The standard InChI is InChI=1S/C25H23N3O7/c1-3-33-21-11-9-18(10-12-21)25(30)35-22-13-8-17(14-23(22)34-4-2)16-26-27-24(29)19-6-5-7-20(15-19)28(31)32/h5-16H,3-4H2,1-2H3,(H,27,29). The fraction of sp³-hybridized carbons (Fsp3) is 0.160. The Labute approximate surface area is 201 Å². The maximum atomic E-state index is 12.5. The van der Waals surface area contributed by atoms with Crippen LogP contribution >= 0.6 is 0 Å². The Kier molecular flexibility index (Phi) is 8.49. The van der Waals surface area contributed by atoms with E-state index in [1.807, 2.05) is 6.92 Å². The van der Waals surface area contributed by atoms with Gasteiger partial charge in [0.15, 0.2) is 11.5 Å². The minimum atomic E-state index is -0.601. The van der Waals surface area contributed by atoms with Gasteiger partial charge in [0.2, 0.25) is 0 Å². The van der Waals surface area contributed by atoms with Gasteiger partial charge in [-0.3, -0.25) is 14.9 Å². The number of ether oxygens (including phenoxy) is 3. The minimum Gasteiger partial charge on any atom is -0.494 e. The minimum absolute atomic E-state index is 0.0999. The summed E-state index contributed by atoms with van der Waals surface area (Å²) in [4.78, 5) is 35.0. The van der Waals surface area contributed by atoms with Gasteiger partial charge in [-0.05, 0) is 67.9 Å². The fourth-order valence-corrected chi connectivity index (χ4v) is 2.96. The van der Waals surface area contributed by atoms with Crippen molar-refractivity contribution in [2.75, 3.05) is 13.2 Å². The van der Waals surface area contributed by atoms with Gasteiger partial charge in [-0.15, -0.1) is 0 Å². The van der Waals surface area contributed by atoms with Crippen LogP contribution in [0.1, 0.15) is 40.1 Å². The second-order valence-corrected chi connectivity index (χ2v) is 6.99. The second kappa shape index (κ2) is 11.9. The Balaban J connectivity index is 1.68. The van der Waals surface area contributed by atoms with E-state index in [0.717, 1.165) is 6.07 Å². The summed E-state index contributed by atoms with van der Waals surface area (Å²) in [5.74, 6) is 0.0417. The zero-order valence-electron chi connectivity index (χ0n) is 19.1. The number of rotatable bonds is 10. The molecule has 10 heteroatoms. The number of nitrogens with one attached hydrogen (secondary N) is 1. The Morgan fingerprint density at radius 3 is 2.37 bits per heavy atom. The SMILES string of the molecule is CCOc1ccc(C(=O)Oc2ccc(C=NNC(=O)c3cccc([N+](=O)[O-])c3)cc2OCC)cc1. The van der Waals surface area contributed by atoms with Crippen molar-refractivity contribution >= 4 is 23.8 Å². The molecule has 0 aromatic heterocycles. The van der Waals surface area contributed by atoms with Crippen LogP contribution in [0.4, 0.5) is 5.69 Å². The first kappa shape index (κ1) is 24.9. The average molecular weight is 477 g/mol. The number of nitro groups is 1. The number of esters is 1. The molecule has 0 heterocycles. The molecule has 0 atom stereocenters. The third-order valence-electron chi connectivity index (χ3n) is 4.57. The van der Waals surface area contributed by atoms with Gasteiger partial charge in [-0.2, -0.15) is 5.10 Å². The van der Waals surface area contributed by atoms with E-state index in [1.54, 1.807) is 49.4 Å². The van der Waals surface area contributed by atoms with Crippen LogP contribution in [0.15, 0.2) is 71.8 Å². The summed E-state index contributed by atoms with van der Waals surface area (Å²) in [5, 5.41) is 14.8. The summed E-state index contributed by atoms with van der Waals surface area (Å²) in [6.07, 6.45) is 1.37. The monoisotopic (exact) mass is 477 g/mol. The Morgan fingerprint density at radius 2 is 1.69 bits per heavy atom. The van der Waals surface area contributed by atoms with Gasteiger partial charge in [0.25, 0.3) is 11.6 Å². The molecule has 1 amide bonds. The highest BCUT2D eigenvalue weighted by atomic mass is 16.6. The summed E-state index contributed by atoms with van der Waals surface area (Å²) in [7, 11) is 0. The second-order valence-electron chi connectivity index (χ2n) is 6.99. The van der Waals surface area contributed by atoms with Crippen molar-refractivity contribution < 1.29 is 28.7 Å². The third-order valence-corrected chi connectivity index (χ3v) is 4.57. The predicted molar refractivity (Wildman–Crippen MR) is 128 cm³/mol. The maximum absolute atomic E-state index is 12.5. The van der Waals surface area contributed by atoms with Gasteiger partial charge < -0.3 is 14.2 Å². The Hall–Kier alpha value is -4.73. The van der Waals surface area contributed by atoms with Crippen LogP contribution in [0.3, 0.4) is 0 Å². The van der Waals surface area contributed by atoms with Crippen molar-refractivity contribution in [2.45, 2.75) is 13.8 Å². The van der Waals surface area contributed by atoms with E-state index in [9.17, 15) is 19.7 Å². The first-order chi connectivity index (χ1) is 16.9. The molecular weight excluding hydrogens is 454 g/mol. The molecule has 0 saturated carbocycles. The van der Waals surface area contributed by atoms with E-state index >= 15 is 0 Å². The molecule has 35 heavy (non-hydrogen) atoms. The lowest BCUT2D eigenvalue weighted by Gasteiger charge is -2.11. The molecule has 0 fully saturated rings. The van der Waals surface area contributed by atoms with Crippen LogP contribution in [0.25, 0.3) is 0 Å². The number of hydrogen-bond donors (Lipinski definition) is 1. The van der Waals surface area contributed by atoms with Crippen LogP contribution in [-0.2, 0) is 0 Å². The molecular formula is C25H23N3O7. The van der Waals surface area contributed by atoms with Gasteiger partial charge in [-0.1, -0.05) is 6.07 Å². The van der Waals surface area contributed by atoms with Crippen molar-refractivity contribution in [3.8, 4) is 17.2 Å². The number of nitro benzene ring substituents is 1. The smallest absolute Gasteiger partial charge is 0.343 e. The zero-order chi connectivity index (χ0) is 25.2. The fourth-order valence-electron chi connectivity index (χ4n) is 2.96. The summed E-state index contributed by atoms with van der Waals surface area (Å²) < 4.78 is 16.5. The molecule has 0 radical (unpaired) electrons. The van der Waals surface area contributed by atoms with Crippen LogP contribution < -0.4 is 19.6 Å². The van der Waals surface area contributed by atoms with Crippen molar-refractivity contribution in [3.05, 3.63) is 93.5 Å². The molecule has 0 aliphatic carbocycles. The number of carbonyl (C=O) groups excluding carboxylic acids is 2. The van der Waals surface area contributed by atoms with Crippen LogP contribution in [0.5, 0.6) is 17.2 Å². The molecule has 0 aliphatic rings. The van der Waals surface area contributed by atoms with E-state index in [1.165, 1.54) is 24.4 Å². The molecule has 0 unspecified atom stereocenters. The summed E-state index contributed by atoms with van der Waals surface area (Å²) in [6, 6.07) is 16.7.